The molecular weight excluding hydrogens is 557 g/mol. The van der Waals surface area contributed by atoms with Gasteiger partial charge in [0.1, 0.15) is 12.6 Å². The Hall–Kier alpha value is -3.07. The highest BCUT2D eigenvalue weighted by atomic mass is 35.5. The molecule has 208 valence electrons. The second-order valence-electron chi connectivity index (χ2n) is 9.74. The lowest BCUT2D eigenvalue weighted by molar-refractivity contribution is -0.140. The summed E-state index contributed by atoms with van der Waals surface area (Å²) in [7, 11) is -3.82. The van der Waals surface area contributed by atoms with E-state index in [2.05, 4.69) is 5.32 Å². The second-order valence-corrected chi connectivity index (χ2v) is 12.5. The normalized spacial score (nSPS) is 12.2. The van der Waals surface area contributed by atoms with E-state index in [1.165, 1.54) is 4.90 Å². The van der Waals surface area contributed by atoms with Crippen molar-refractivity contribution in [1.82, 2.24) is 10.2 Å². The number of rotatable bonds is 11. The molecular formula is C29H33Cl2N3O4S. The van der Waals surface area contributed by atoms with Crippen molar-refractivity contribution in [3.8, 4) is 0 Å². The summed E-state index contributed by atoms with van der Waals surface area (Å²) < 4.78 is 26.7. The highest BCUT2D eigenvalue weighted by Gasteiger charge is 2.33. The minimum atomic E-state index is -3.82. The summed E-state index contributed by atoms with van der Waals surface area (Å²) in [5.74, 6) is -0.879. The number of nitrogens with zero attached hydrogens (tertiary/aromatic N) is 2. The summed E-state index contributed by atoms with van der Waals surface area (Å²) in [4.78, 5) is 28.9. The SMILES string of the molecule is Cc1ccc(N(CC(=O)N(Cc2ccc(Cl)c(Cl)c2)[C@@H](Cc2ccccc2)C(=O)NC(C)C)S(C)(=O)=O)cc1. The molecule has 0 aliphatic heterocycles. The zero-order chi connectivity index (χ0) is 28.7. The minimum Gasteiger partial charge on any atom is -0.352 e. The molecule has 0 radical (unpaired) electrons. The zero-order valence-electron chi connectivity index (χ0n) is 22.4. The Kier molecular flexibility index (Phi) is 10.4. The second kappa shape index (κ2) is 13.3. The van der Waals surface area contributed by atoms with Gasteiger partial charge in [-0.15, -0.1) is 0 Å². The Labute approximate surface area is 240 Å². The summed E-state index contributed by atoms with van der Waals surface area (Å²) in [6, 6.07) is 20.1. The van der Waals surface area contributed by atoms with Crippen molar-refractivity contribution in [3.63, 3.8) is 0 Å². The number of hydrogen-bond donors (Lipinski definition) is 1. The third-order valence-corrected chi connectivity index (χ3v) is 7.92. The van der Waals surface area contributed by atoms with Gasteiger partial charge in [0.15, 0.2) is 0 Å². The Morgan fingerprint density at radius 2 is 1.54 bits per heavy atom. The predicted octanol–water partition coefficient (Wildman–Crippen LogP) is 5.23. The maximum atomic E-state index is 14.0. The number of nitrogens with one attached hydrogen (secondary N) is 1. The van der Waals surface area contributed by atoms with Crippen LogP contribution in [0.5, 0.6) is 0 Å². The van der Waals surface area contributed by atoms with Crippen molar-refractivity contribution in [2.75, 3.05) is 17.1 Å². The Balaban J connectivity index is 2.06. The van der Waals surface area contributed by atoms with Gasteiger partial charge in [0.05, 0.1) is 22.0 Å². The van der Waals surface area contributed by atoms with Gasteiger partial charge in [-0.05, 0) is 56.2 Å². The molecule has 3 rings (SSSR count). The number of halogens is 2. The molecule has 0 aromatic heterocycles. The van der Waals surface area contributed by atoms with Crippen LogP contribution in [0.3, 0.4) is 0 Å². The van der Waals surface area contributed by atoms with E-state index in [0.717, 1.165) is 21.7 Å². The molecule has 0 aliphatic rings. The molecule has 3 aromatic rings. The third kappa shape index (κ3) is 8.71. The van der Waals surface area contributed by atoms with E-state index in [0.29, 0.717) is 21.3 Å². The molecule has 1 N–H and O–H groups in total. The van der Waals surface area contributed by atoms with Crippen molar-refractivity contribution < 1.29 is 18.0 Å². The van der Waals surface area contributed by atoms with Crippen molar-refractivity contribution in [2.24, 2.45) is 0 Å². The number of aryl methyl sites for hydroxylation is 1. The molecule has 0 aliphatic carbocycles. The van der Waals surface area contributed by atoms with Gasteiger partial charge in [-0.25, -0.2) is 8.42 Å². The number of carbonyl (C=O) groups is 2. The Morgan fingerprint density at radius 3 is 2.10 bits per heavy atom. The van der Waals surface area contributed by atoms with Crippen molar-refractivity contribution in [2.45, 2.75) is 45.8 Å². The Morgan fingerprint density at radius 1 is 0.897 bits per heavy atom. The van der Waals surface area contributed by atoms with Crippen LogP contribution in [-0.2, 0) is 32.6 Å². The van der Waals surface area contributed by atoms with E-state index in [9.17, 15) is 18.0 Å². The lowest BCUT2D eigenvalue weighted by Gasteiger charge is -2.34. The largest absolute Gasteiger partial charge is 0.352 e. The topological polar surface area (TPSA) is 86.8 Å². The van der Waals surface area contributed by atoms with Gasteiger partial charge in [0, 0.05) is 19.0 Å². The molecule has 0 fully saturated rings. The molecule has 1 atom stereocenters. The first-order chi connectivity index (χ1) is 18.3. The lowest BCUT2D eigenvalue weighted by Crippen LogP contribution is -2.54. The zero-order valence-corrected chi connectivity index (χ0v) is 24.7. The van der Waals surface area contributed by atoms with Crippen molar-refractivity contribution in [3.05, 3.63) is 99.5 Å². The van der Waals surface area contributed by atoms with Crippen LogP contribution < -0.4 is 9.62 Å². The quantitative estimate of drug-likeness (QED) is 0.331. The molecule has 3 aromatic carbocycles. The Bertz CT molecular complexity index is 1400. The summed E-state index contributed by atoms with van der Waals surface area (Å²) in [5.41, 5.74) is 2.81. The van der Waals surface area contributed by atoms with Crippen LogP contribution in [0.15, 0.2) is 72.8 Å². The van der Waals surface area contributed by atoms with Gasteiger partial charge in [0.25, 0.3) is 0 Å². The average Bonchev–Trinajstić information content (AvgIpc) is 2.87. The third-order valence-electron chi connectivity index (χ3n) is 6.04. The molecule has 0 bridgehead atoms. The molecule has 0 heterocycles. The van der Waals surface area contributed by atoms with E-state index < -0.39 is 28.5 Å². The summed E-state index contributed by atoms with van der Waals surface area (Å²) >= 11 is 12.4. The van der Waals surface area contributed by atoms with Crippen LogP contribution in [0, 0.1) is 6.92 Å². The van der Waals surface area contributed by atoms with Crippen LogP contribution in [0.4, 0.5) is 5.69 Å². The molecule has 0 saturated heterocycles. The highest BCUT2D eigenvalue weighted by Crippen LogP contribution is 2.25. The number of sulfonamides is 1. The molecule has 39 heavy (non-hydrogen) atoms. The molecule has 7 nitrogen and oxygen atoms in total. The number of anilines is 1. The van der Waals surface area contributed by atoms with Crippen molar-refractivity contribution >= 4 is 50.7 Å². The van der Waals surface area contributed by atoms with Gasteiger partial charge in [-0.2, -0.15) is 0 Å². The average molecular weight is 591 g/mol. The fraction of sp³-hybridized carbons (Fsp3) is 0.310. The predicted molar refractivity (Wildman–Crippen MR) is 158 cm³/mol. The molecule has 2 amide bonds. The van der Waals surface area contributed by atoms with E-state index in [1.807, 2.05) is 51.1 Å². The van der Waals surface area contributed by atoms with Gasteiger partial charge < -0.3 is 10.2 Å². The van der Waals surface area contributed by atoms with E-state index in [-0.39, 0.29) is 24.9 Å². The molecule has 0 unspecified atom stereocenters. The van der Waals surface area contributed by atoms with Crippen LogP contribution in [-0.4, -0.2) is 50.0 Å². The first-order valence-electron chi connectivity index (χ1n) is 12.5. The van der Waals surface area contributed by atoms with E-state index >= 15 is 0 Å². The molecule has 10 heteroatoms. The van der Waals surface area contributed by atoms with Gasteiger partial charge in [-0.3, -0.25) is 13.9 Å². The number of hydrogen-bond acceptors (Lipinski definition) is 4. The first-order valence-corrected chi connectivity index (χ1v) is 15.1. The molecule has 0 saturated carbocycles. The summed E-state index contributed by atoms with van der Waals surface area (Å²) in [6.45, 7) is 5.10. The first kappa shape index (κ1) is 30.5. The standard InChI is InChI=1S/C29H33Cl2N3O4S/c1-20(2)32-29(36)27(17-22-8-6-5-7-9-22)33(18-23-12-15-25(30)26(31)16-23)28(35)19-34(39(4,37)38)24-13-10-21(3)11-14-24/h5-16,20,27H,17-19H2,1-4H3,(H,32,36)/t27-/m0/s1. The van der Waals surface area contributed by atoms with Crippen LogP contribution in [0.25, 0.3) is 0 Å². The number of amides is 2. The van der Waals surface area contributed by atoms with Crippen LogP contribution in [0.1, 0.15) is 30.5 Å². The fourth-order valence-electron chi connectivity index (χ4n) is 4.09. The van der Waals surface area contributed by atoms with Gasteiger partial charge >= 0.3 is 0 Å². The van der Waals surface area contributed by atoms with E-state index in [1.54, 1.807) is 42.5 Å². The highest BCUT2D eigenvalue weighted by molar-refractivity contribution is 7.92. The fourth-order valence-corrected chi connectivity index (χ4v) is 5.26. The maximum absolute atomic E-state index is 14.0. The number of carbonyl (C=O) groups excluding carboxylic acids is 2. The van der Waals surface area contributed by atoms with Crippen LogP contribution in [0.2, 0.25) is 10.0 Å². The number of benzene rings is 3. The van der Waals surface area contributed by atoms with Crippen LogP contribution >= 0.6 is 23.2 Å². The van der Waals surface area contributed by atoms with Gasteiger partial charge in [0.2, 0.25) is 21.8 Å². The van der Waals surface area contributed by atoms with Gasteiger partial charge in [-0.1, -0.05) is 77.3 Å². The lowest BCUT2D eigenvalue weighted by atomic mass is 10.0. The summed E-state index contributed by atoms with van der Waals surface area (Å²) in [6.07, 6.45) is 1.28. The minimum absolute atomic E-state index is 0.0181. The van der Waals surface area contributed by atoms with Crippen molar-refractivity contribution in [1.29, 1.82) is 0 Å². The molecule has 0 spiro atoms. The maximum Gasteiger partial charge on any atom is 0.244 e. The van der Waals surface area contributed by atoms with E-state index in [4.69, 9.17) is 23.2 Å². The monoisotopic (exact) mass is 589 g/mol. The summed E-state index contributed by atoms with van der Waals surface area (Å²) in [5, 5.41) is 3.59. The smallest absolute Gasteiger partial charge is 0.244 e.